The molecule has 24 heavy (non-hydrogen) atoms. The van der Waals surface area contributed by atoms with Crippen molar-refractivity contribution in [1.29, 1.82) is 0 Å². The van der Waals surface area contributed by atoms with Gasteiger partial charge in [-0.15, -0.1) is 0 Å². The van der Waals surface area contributed by atoms with Gasteiger partial charge in [-0.3, -0.25) is 0 Å². The quantitative estimate of drug-likeness (QED) is 0.809. The van der Waals surface area contributed by atoms with Gasteiger partial charge in [0, 0.05) is 19.3 Å². The van der Waals surface area contributed by atoms with E-state index in [1.807, 2.05) is 44.2 Å². The van der Waals surface area contributed by atoms with Gasteiger partial charge < -0.3 is 20.1 Å². The van der Waals surface area contributed by atoms with E-state index in [-0.39, 0.29) is 12.2 Å². The minimum Gasteiger partial charge on any atom is -0.489 e. The van der Waals surface area contributed by atoms with Crippen LogP contribution < -0.4 is 15.4 Å². The largest absolute Gasteiger partial charge is 0.489 e. The predicted molar refractivity (Wildman–Crippen MR) is 95.0 cm³/mol. The molecule has 0 radical (unpaired) electrons. The second-order valence-electron chi connectivity index (χ2n) is 6.07. The van der Waals surface area contributed by atoms with Gasteiger partial charge in [0.25, 0.3) is 0 Å². The molecule has 0 amide bonds. The Kier molecular flexibility index (Phi) is 5.48. The third kappa shape index (κ3) is 4.58. The number of hydrogen-bond donors (Lipinski definition) is 2. The van der Waals surface area contributed by atoms with Crippen LogP contribution in [0.3, 0.4) is 0 Å². The molecular weight excluding hydrogens is 304 g/mol. The lowest BCUT2D eigenvalue weighted by Gasteiger charge is -2.15. The van der Waals surface area contributed by atoms with E-state index in [9.17, 15) is 0 Å². The Morgan fingerprint density at radius 3 is 2.96 bits per heavy atom. The van der Waals surface area contributed by atoms with Crippen molar-refractivity contribution in [3.05, 3.63) is 36.5 Å². The number of ether oxygens (including phenoxy) is 2. The first-order chi connectivity index (χ1) is 11.7. The Hall–Kier alpha value is -2.34. The zero-order chi connectivity index (χ0) is 16.8. The maximum Gasteiger partial charge on any atom is 0.224 e. The highest BCUT2D eigenvalue weighted by Gasteiger charge is 2.15. The van der Waals surface area contributed by atoms with Crippen molar-refractivity contribution in [3.8, 4) is 5.75 Å². The molecule has 0 saturated carbocycles. The summed E-state index contributed by atoms with van der Waals surface area (Å²) in [5.74, 6) is 2.12. The molecule has 2 aromatic rings. The average molecular weight is 328 g/mol. The molecule has 0 bridgehead atoms. The summed E-state index contributed by atoms with van der Waals surface area (Å²) < 4.78 is 11.4. The summed E-state index contributed by atoms with van der Waals surface area (Å²) >= 11 is 0. The van der Waals surface area contributed by atoms with E-state index in [0.717, 1.165) is 43.2 Å². The Balaban J connectivity index is 1.66. The molecule has 1 aromatic heterocycles. The number of benzene rings is 1. The van der Waals surface area contributed by atoms with Gasteiger partial charge in [0.05, 0.1) is 17.9 Å². The molecule has 0 aliphatic carbocycles. The summed E-state index contributed by atoms with van der Waals surface area (Å²) in [5, 5.41) is 6.54. The van der Waals surface area contributed by atoms with Gasteiger partial charge in [-0.2, -0.15) is 4.98 Å². The van der Waals surface area contributed by atoms with Crippen LogP contribution in [0.4, 0.5) is 17.5 Å². The van der Waals surface area contributed by atoms with E-state index in [1.165, 1.54) is 0 Å². The maximum absolute atomic E-state index is 5.82. The lowest BCUT2D eigenvalue weighted by molar-refractivity contribution is 0.120. The van der Waals surface area contributed by atoms with Crippen LogP contribution in [0.1, 0.15) is 26.7 Å². The molecule has 0 spiro atoms. The summed E-state index contributed by atoms with van der Waals surface area (Å²) in [6, 6.07) is 9.67. The van der Waals surface area contributed by atoms with Crippen molar-refractivity contribution in [3.63, 3.8) is 0 Å². The molecule has 6 nitrogen and oxygen atoms in total. The zero-order valence-electron chi connectivity index (χ0n) is 14.2. The number of nitrogens with one attached hydrogen (secondary N) is 2. The van der Waals surface area contributed by atoms with Crippen molar-refractivity contribution in [1.82, 2.24) is 9.97 Å². The fraction of sp³-hybridized carbons (Fsp3) is 0.444. The number of rotatable bonds is 7. The lowest BCUT2D eigenvalue weighted by atomic mass is 10.2. The molecule has 128 valence electrons. The molecule has 2 heterocycles. The van der Waals surface area contributed by atoms with Gasteiger partial charge in [-0.1, -0.05) is 12.1 Å². The van der Waals surface area contributed by atoms with E-state index < -0.39 is 0 Å². The number of anilines is 3. The third-order valence-corrected chi connectivity index (χ3v) is 3.68. The topological polar surface area (TPSA) is 68.3 Å². The minimum atomic E-state index is 0.113. The molecule has 3 rings (SSSR count). The monoisotopic (exact) mass is 328 g/mol. The van der Waals surface area contributed by atoms with Crippen molar-refractivity contribution in [2.24, 2.45) is 0 Å². The summed E-state index contributed by atoms with van der Waals surface area (Å²) in [4.78, 5) is 8.77. The molecular formula is C18H24N4O2. The lowest BCUT2D eigenvalue weighted by Crippen LogP contribution is -2.19. The van der Waals surface area contributed by atoms with Crippen LogP contribution in [0.2, 0.25) is 0 Å². The van der Waals surface area contributed by atoms with Crippen LogP contribution in [0.15, 0.2) is 36.5 Å². The first-order valence-electron chi connectivity index (χ1n) is 8.42. The Bertz CT molecular complexity index is 657. The Labute approximate surface area is 142 Å². The number of aromatic nitrogens is 2. The van der Waals surface area contributed by atoms with Gasteiger partial charge in [0.15, 0.2) is 0 Å². The Morgan fingerprint density at radius 1 is 1.29 bits per heavy atom. The van der Waals surface area contributed by atoms with E-state index in [4.69, 9.17) is 9.47 Å². The first kappa shape index (κ1) is 16.5. The van der Waals surface area contributed by atoms with E-state index in [1.54, 1.807) is 6.20 Å². The van der Waals surface area contributed by atoms with Crippen molar-refractivity contribution >= 4 is 17.5 Å². The molecule has 1 aliphatic rings. The Morgan fingerprint density at radius 2 is 2.17 bits per heavy atom. The van der Waals surface area contributed by atoms with Gasteiger partial charge in [-0.05, 0) is 44.9 Å². The molecule has 1 atom stereocenters. The minimum absolute atomic E-state index is 0.113. The predicted octanol–water partition coefficient (Wildman–Crippen LogP) is 3.60. The summed E-state index contributed by atoms with van der Waals surface area (Å²) in [6.45, 7) is 5.60. The molecule has 1 unspecified atom stereocenters. The van der Waals surface area contributed by atoms with E-state index in [2.05, 4.69) is 20.6 Å². The van der Waals surface area contributed by atoms with Gasteiger partial charge in [0.1, 0.15) is 11.6 Å². The SMILES string of the molecule is CC(C)Oc1ccccc1Nc1ccnc(NCC2CCCO2)n1. The van der Waals surface area contributed by atoms with Gasteiger partial charge >= 0.3 is 0 Å². The second kappa shape index (κ2) is 7.97. The van der Waals surface area contributed by atoms with Crippen LogP contribution >= 0.6 is 0 Å². The molecule has 1 aliphatic heterocycles. The second-order valence-corrected chi connectivity index (χ2v) is 6.07. The third-order valence-electron chi connectivity index (χ3n) is 3.68. The van der Waals surface area contributed by atoms with Gasteiger partial charge in [-0.25, -0.2) is 4.98 Å². The highest BCUT2D eigenvalue weighted by Crippen LogP contribution is 2.27. The van der Waals surface area contributed by atoms with E-state index in [0.29, 0.717) is 5.95 Å². The molecule has 6 heteroatoms. The summed E-state index contributed by atoms with van der Waals surface area (Å²) in [7, 11) is 0. The van der Waals surface area contributed by atoms with Gasteiger partial charge in [0.2, 0.25) is 5.95 Å². The van der Waals surface area contributed by atoms with Crippen LogP contribution in [0, 0.1) is 0 Å². The smallest absolute Gasteiger partial charge is 0.224 e. The van der Waals surface area contributed by atoms with Crippen molar-refractivity contribution in [2.75, 3.05) is 23.8 Å². The molecule has 1 fully saturated rings. The van der Waals surface area contributed by atoms with E-state index >= 15 is 0 Å². The molecule has 1 saturated heterocycles. The fourth-order valence-electron chi connectivity index (χ4n) is 2.59. The highest BCUT2D eigenvalue weighted by molar-refractivity contribution is 5.64. The van der Waals surface area contributed by atoms with Crippen LogP contribution in [-0.2, 0) is 4.74 Å². The number of para-hydroxylation sites is 2. The number of hydrogen-bond acceptors (Lipinski definition) is 6. The fourth-order valence-corrected chi connectivity index (χ4v) is 2.59. The molecule has 2 N–H and O–H groups in total. The maximum atomic E-state index is 5.82. The average Bonchev–Trinajstić information content (AvgIpc) is 3.08. The zero-order valence-corrected chi connectivity index (χ0v) is 14.2. The van der Waals surface area contributed by atoms with Crippen LogP contribution in [0.5, 0.6) is 5.75 Å². The van der Waals surface area contributed by atoms with Crippen LogP contribution in [0.25, 0.3) is 0 Å². The van der Waals surface area contributed by atoms with Crippen LogP contribution in [-0.4, -0.2) is 35.3 Å². The summed E-state index contributed by atoms with van der Waals surface area (Å²) in [5.41, 5.74) is 0.884. The van der Waals surface area contributed by atoms with Crippen molar-refractivity contribution < 1.29 is 9.47 Å². The first-order valence-corrected chi connectivity index (χ1v) is 8.42. The normalized spacial score (nSPS) is 17.0. The standard InChI is InChI=1S/C18H24N4O2/c1-13(2)24-16-8-4-3-7-15(16)21-17-9-10-19-18(22-17)20-12-14-6-5-11-23-14/h3-4,7-10,13-14H,5-6,11-12H2,1-2H3,(H2,19,20,21,22). The van der Waals surface area contributed by atoms with Crippen molar-refractivity contribution in [2.45, 2.75) is 38.9 Å². The highest BCUT2D eigenvalue weighted by atomic mass is 16.5. The molecule has 1 aromatic carbocycles. The summed E-state index contributed by atoms with van der Waals surface area (Å²) in [6.07, 6.45) is 4.32. The number of nitrogens with zero attached hydrogens (tertiary/aromatic N) is 2.